The minimum Gasteiger partial charge on any atom is -0.390 e. The molecule has 0 spiro atoms. The largest absolute Gasteiger partial charge is 0.390 e. The van der Waals surface area contributed by atoms with Gasteiger partial charge in [-0.1, -0.05) is 11.8 Å². The molecule has 0 saturated carbocycles. The van der Waals surface area contributed by atoms with Crippen LogP contribution in [0, 0.1) is 11.8 Å². The number of aliphatic hydroxyl groups excluding tert-OH is 1. The summed E-state index contributed by atoms with van der Waals surface area (Å²) in [5, 5.41) is 14.9. The topological polar surface area (TPSA) is 116 Å². The molecule has 1 unspecified atom stereocenters. The van der Waals surface area contributed by atoms with E-state index in [0.717, 1.165) is 16.5 Å². The summed E-state index contributed by atoms with van der Waals surface area (Å²) in [7, 11) is 0. The van der Waals surface area contributed by atoms with E-state index in [1.165, 1.54) is 0 Å². The molecule has 0 radical (unpaired) electrons. The van der Waals surface area contributed by atoms with E-state index in [1.54, 1.807) is 35.4 Å². The van der Waals surface area contributed by atoms with Crippen LogP contribution < -0.4 is 5.73 Å². The number of benzene rings is 1. The zero-order valence-corrected chi connectivity index (χ0v) is 15.1. The summed E-state index contributed by atoms with van der Waals surface area (Å²) in [6, 6.07) is 9.18. The summed E-state index contributed by atoms with van der Waals surface area (Å²) >= 11 is 0. The Morgan fingerprint density at radius 1 is 1.14 bits per heavy atom. The Hall–Kier alpha value is -3.83. The Bertz CT molecular complexity index is 1190. The van der Waals surface area contributed by atoms with Crippen molar-refractivity contribution < 1.29 is 5.11 Å². The molecule has 8 heteroatoms. The lowest BCUT2D eigenvalue weighted by atomic mass is 10.1. The molecular weight excluding hydrogens is 354 g/mol. The SMILES string of the molecule is CC(C#Cc1ccc2c(CO)nn(-c3ccnc(N)n3)c2c1)c1ncccn1. The maximum absolute atomic E-state index is 9.65. The highest BCUT2D eigenvalue weighted by Crippen LogP contribution is 2.23. The minimum absolute atomic E-state index is 0.100. The Kier molecular flexibility index (Phi) is 4.66. The van der Waals surface area contributed by atoms with Crippen molar-refractivity contribution >= 4 is 16.9 Å². The predicted octanol–water partition coefficient (Wildman–Crippen LogP) is 1.84. The van der Waals surface area contributed by atoms with Crippen molar-refractivity contribution in [2.75, 3.05) is 5.73 Å². The van der Waals surface area contributed by atoms with Crippen LogP contribution in [0.3, 0.4) is 0 Å². The first-order valence-electron chi connectivity index (χ1n) is 8.65. The van der Waals surface area contributed by atoms with E-state index in [2.05, 4.69) is 36.9 Å². The molecule has 0 bridgehead atoms. The number of anilines is 1. The third kappa shape index (κ3) is 3.39. The number of fused-ring (bicyclic) bond motifs is 1. The number of aliphatic hydroxyl groups is 1. The first kappa shape index (κ1) is 17.6. The number of aromatic nitrogens is 6. The van der Waals surface area contributed by atoms with Crippen molar-refractivity contribution in [3.8, 4) is 17.7 Å². The molecule has 0 aliphatic carbocycles. The Morgan fingerprint density at radius 3 is 2.71 bits per heavy atom. The van der Waals surface area contributed by atoms with Gasteiger partial charge in [-0.05, 0) is 31.2 Å². The second-order valence-electron chi connectivity index (χ2n) is 6.12. The molecule has 4 rings (SSSR count). The molecule has 28 heavy (non-hydrogen) atoms. The molecular formula is C20H17N7O. The summed E-state index contributed by atoms with van der Waals surface area (Å²) in [4.78, 5) is 16.6. The number of hydrogen-bond donors (Lipinski definition) is 2. The van der Waals surface area contributed by atoms with Crippen LogP contribution in [0.25, 0.3) is 16.7 Å². The van der Waals surface area contributed by atoms with Gasteiger partial charge in [-0.15, -0.1) is 0 Å². The van der Waals surface area contributed by atoms with Crippen LogP contribution in [0.4, 0.5) is 5.95 Å². The molecule has 1 aromatic carbocycles. The van der Waals surface area contributed by atoms with Crippen LogP contribution in [0.15, 0.2) is 48.9 Å². The zero-order valence-electron chi connectivity index (χ0n) is 15.1. The van der Waals surface area contributed by atoms with Gasteiger partial charge in [0, 0.05) is 35.6 Å². The van der Waals surface area contributed by atoms with Crippen LogP contribution in [0.5, 0.6) is 0 Å². The van der Waals surface area contributed by atoms with Crippen molar-refractivity contribution in [3.63, 3.8) is 0 Å². The van der Waals surface area contributed by atoms with Gasteiger partial charge in [-0.25, -0.2) is 19.6 Å². The van der Waals surface area contributed by atoms with E-state index < -0.39 is 0 Å². The molecule has 1 atom stereocenters. The third-order valence-corrected chi connectivity index (χ3v) is 4.19. The summed E-state index contributed by atoms with van der Waals surface area (Å²) in [6.07, 6.45) is 4.97. The molecule has 3 N–H and O–H groups in total. The first-order valence-corrected chi connectivity index (χ1v) is 8.65. The lowest BCUT2D eigenvalue weighted by molar-refractivity contribution is 0.277. The molecule has 3 aromatic heterocycles. The fourth-order valence-corrected chi connectivity index (χ4v) is 2.82. The van der Waals surface area contributed by atoms with E-state index in [1.807, 2.05) is 25.1 Å². The standard InChI is InChI=1S/C20H17N7O/c1-13(19-22-8-2-9-23-19)3-4-14-5-6-15-16(12-28)26-27(17(15)11-14)18-7-10-24-20(21)25-18/h2,5-11,13,28H,12H2,1H3,(H2,21,24,25). The average molecular weight is 371 g/mol. The van der Waals surface area contributed by atoms with Gasteiger partial charge in [0.1, 0.15) is 5.82 Å². The highest BCUT2D eigenvalue weighted by molar-refractivity contribution is 5.84. The van der Waals surface area contributed by atoms with Gasteiger partial charge in [-0.3, -0.25) is 0 Å². The molecule has 8 nitrogen and oxygen atoms in total. The van der Waals surface area contributed by atoms with E-state index in [4.69, 9.17) is 5.73 Å². The number of nitrogens with two attached hydrogens (primary N) is 1. The van der Waals surface area contributed by atoms with E-state index >= 15 is 0 Å². The summed E-state index contributed by atoms with van der Waals surface area (Å²) < 4.78 is 1.63. The van der Waals surface area contributed by atoms with E-state index in [9.17, 15) is 5.11 Å². The zero-order chi connectivity index (χ0) is 19.5. The highest BCUT2D eigenvalue weighted by Gasteiger charge is 2.13. The van der Waals surface area contributed by atoms with Crippen LogP contribution >= 0.6 is 0 Å². The Morgan fingerprint density at radius 2 is 1.96 bits per heavy atom. The van der Waals surface area contributed by atoms with Gasteiger partial charge in [0.2, 0.25) is 5.95 Å². The van der Waals surface area contributed by atoms with Crippen molar-refractivity contribution in [1.82, 2.24) is 29.7 Å². The van der Waals surface area contributed by atoms with Crippen molar-refractivity contribution in [1.29, 1.82) is 0 Å². The first-order chi connectivity index (χ1) is 13.7. The van der Waals surface area contributed by atoms with Gasteiger partial charge >= 0.3 is 0 Å². The predicted molar refractivity (Wildman–Crippen MR) is 104 cm³/mol. The van der Waals surface area contributed by atoms with Gasteiger partial charge in [-0.2, -0.15) is 10.1 Å². The van der Waals surface area contributed by atoms with Crippen molar-refractivity contribution in [2.45, 2.75) is 19.4 Å². The van der Waals surface area contributed by atoms with Gasteiger partial charge < -0.3 is 10.8 Å². The summed E-state index contributed by atoms with van der Waals surface area (Å²) in [5.41, 5.74) is 7.84. The molecule has 0 aliphatic heterocycles. The molecule has 0 fully saturated rings. The molecule has 0 amide bonds. The summed E-state index contributed by atoms with van der Waals surface area (Å²) in [6.45, 7) is 1.77. The Labute approximate surface area is 161 Å². The summed E-state index contributed by atoms with van der Waals surface area (Å²) in [5.74, 6) is 7.58. The molecule has 4 aromatic rings. The fourth-order valence-electron chi connectivity index (χ4n) is 2.82. The lowest BCUT2D eigenvalue weighted by Gasteiger charge is -2.03. The number of nitrogens with zero attached hydrogens (tertiary/aromatic N) is 6. The minimum atomic E-state index is -0.183. The number of nitrogen functional groups attached to an aromatic ring is 1. The third-order valence-electron chi connectivity index (χ3n) is 4.19. The maximum Gasteiger partial charge on any atom is 0.221 e. The quantitative estimate of drug-likeness (QED) is 0.528. The Balaban J connectivity index is 1.77. The molecule has 0 aliphatic rings. The maximum atomic E-state index is 9.65. The van der Waals surface area contributed by atoms with E-state index in [-0.39, 0.29) is 18.5 Å². The lowest BCUT2D eigenvalue weighted by Crippen LogP contribution is -2.03. The average Bonchev–Trinajstić information content (AvgIpc) is 3.10. The van der Waals surface area contributed by atoms with E-state index in [0.29, 0.717) is 17.3 Å². The number of rotatable bonds is 3. The molecule has 0 saturated heterocycles. The highest BCUT2D eigenvalue weighted by atomic mass is 16.3. The van der Waals surface area contributed by atoms with Crippen LogP contribution in [0.2, 0.25) is 0 Å². The smallest absolute Gasteiger partial charge is 0.221 e. The van der Waals surface area contributed by atoms with Gasteiger partial charge in [0.15, 0.2) is 5.82 Å². The second-order valence-corrected chi connectivity index (χ2v) is 6.12. The van der Waals surface area contributed by atoms with Crippen LogP contribution in [0.1, 0.15) is 29.9 Å². The van der Waals surface area contributed by atoms with Crippen molar-refractivity contribution in [2.24, 2.45) is 0 Å². The molecule has 138 valence electrons. The van der Waals surface area contributed by atoms with Crippen LogP contribution in [-0.4, -0.2) is 34.8 Å². The van der Waals surface area contributed by atoms with Crippen molar-refractivity contribution in [3.05, 3.63) is 66.0 Å². The van der Waals surface area contributed by atoms with Gasteiger partial charge in [0.05, 0.1) is 23.7 Å². The van der Waals surface area contributed by atoms with Gasteiger partial charge in [0.25, 0.3) is 0 Å². The second kappa shape index (κ2) is 7.42. The normalized spacial score (nSPS) is 11.8. The molecule has 3 heterocycles. The fraction of sp³-hybridized carbons (Fsp3) is 0.150. The monoisotopic (exact) mass is 371 g/mol. The number of hydrogen-bond acceptors (Lipinski definition) is 7. The van der Waals surface area contributed by atoms with Crippen LogP contribution in [-0.2, 0) is 6.61 Å².